The quantitative estimate of drug-likeness (QED) is 0.662. The van der Waals surface area contributed by atoms with E-state index in [4.69, 9.17) is 4.74 Å². The van der Waals surface area contributed by atoms with Gasteiger partial charge in [0.05, 0.1) is 18.7 Å². The molecule has 1 fully saturated rings. The van der Waals surface area contributed by atoms with Gasteiger partial charge in [0.2, 0.25) is 0 Å². The molecule has 1 aliphatic rings. The third-order valence-corrected chi connectivity index (χ3v) is 4.77. The van der Waals surface area contributed by atoms with E-state index in [1.165, 1.54) is 17.0 Å². The van der Waals surface area contributed by atoms with Crippen molar-refractivity contribution < 1.29 is 22.7 Å². The van der Waals surface area contributed by atoms with Gasteiger partial charge in [-0.3, -0.25) is 0 Å². The summed E-state index contributed by atoms with van der Waals surface area (Å²) in [6.45, 7) is 0.519. The molecule has 0 saturated carbocycles. The number of H-pyrrole nitrogens is 1. The van der Waals surface area contributed by atoms with E-state index < -0.39 is 17.8 Å². The summed E-state index contributed by atoms with van der Waals surface area (Å²) in [6, 6.07) is 12.3. The van der Waals surface area contributed by atoms with Crippen LogP contribution in [0.4, 0.5) is 23.7 Å². The van der Waals surface area contributed by atoms with E-state index >= 15 is 0 Å². The Morgan fingerprint density at radius 1 is 1.18 bits per heavy atom. The number of nitrogens with zero attached hydrogens (tertiary/aromatic N) is 1. The first kappa shape index (κ1) is 18.4. The molecule has 3 aromatic rings. The van der Waals surface area contributed by atoms with E-state index in [2.05, 4.69) is 10.3 Å². The molecule has 1 saturated heterocycles. The van der Waals surface area contributed by atoms with Crippen molar-refractivity contribution >= 4 is 22.6 Å². The molecule has 2 N–H and O–H groups in total. The van der Waals surface area contributed by atoms with E-state index in [9.17, 15) is 18.0 Å². The molecular weight excluding hydrogens is 371 g/mol. The molecule has 5 nitrogen and oxygen atoms in total. The van der Waals surface area contributed by atoms with Crippen molar-refractivity contribution in [2.24, 2.45) is 0 Å². The van der Waals surface area contributed by atoms with Crippen molar-refractivity contribution in [1.29, 1.82) is 0 Å². The molecule has 2 heterocycles. The molecule has 1 unspecified atom stereocenters. The highest BCUT2D eigenvalue weighted by atomic mass is 19.4. The number of morpholine rings is 1. The van der Waals surface area contributed by atoms with Gasteiger partial charge in [-0.1, -0.05) is 24.3 Å². The van der Waals surface area contributed by atoms with Crippen molar-refractivity contribution in [1.82, 2.24) is 9.88 Å². The lowest BCUT2D eigenvalue weighted by Gasteiger charge is -2.34. The van der Waals surface area contributed by atoms with Crippen LogP contribution in [-0.2, 0) is 10.9 Å². The number of hydrogen-bond acceptors (Lipinski definition) is 2. The van der Waals surface area contributed by atoms with Gasteiger partial charge in [0.15, 0.2) is 0 Å². The van der Waals surface area contributed by atoms with Crippen LogP contribution in [0.1, 0.15) is 17.2 Å². The molecule has 1 aliphatic heterocycles. The number of halogens is 3. The Balaban J connectivity index is 1.50. The largest absolute Gasteiger partial charge is 0.416 e. The molecule has 4 rings (SSSR count). The fourth-order valence-electron chi connectivity index (χ4n) is 3.39. The second-order valence-corrected chi connectivity index (χ2v) is 6.60. The summed E-state index contributed by atoms with van der Waals surface area (Å²) in [4.78, 5) is 17.2. The number of nitrogens with one attached hydrogen (secondary N) is 2. The maximum absolute atomic E-state index is 13.3. The lowest BCUT2D eigenvalue weighted by atomic mass is 10.0. The normalized spacial score (nSPS) is 17.7. The molecule has 2 amide bonds. The van der Waals surface area contributed by atoms with Crippen LogP contribution in [0.3, 0.4) is 0 Å². The standard InChI is InChI=1S/C20H18F3N3O2/c21-20(22,23)16-4-2-1-3-15(16)18-12-26(9-10-28-18)19(27)25-14-6-5-13-7-8-24-17(13)11-14/h1-8,11,18,24H,9-10,12H2,(H,25,27). The minimum absolute atomic E-state index is 0.0419. The van der Waals surface area contributed by atoms with Crippen molar-refractivity contribution in [3.63, 3.8) is 0 Å². The van der Waals surface area contributed by atoms with Crippen LogP contribution in [0.25, 0.3) is 10.9 Å². The van der Waals surface area contributed by atoms with Crippen LogP contribution in [-0.4, -0.2) is 35.6 Å². The Bertz CT molecular complexity index is 1000. The minimum atomic E-state index is -4.48. The summed E-state index contributed by atoms with van der Waals surface area (Å²) in [5.74, 6) is 0. The molecule has 0 aliphatic carbocycles. The molecule has 146 valence electrons. The Labute approximate surface area is 159 Å². The van der Waals surface area contributed by atoms with Gasteiger partial charge in [0.1, 0.15) is 6.10 Å². The van der Waals surface area contributed by atoms with Crippen molar-refractivity contribution in [2.45, 2.75) is 12.3 Å². The van der Waals surface area contributed by atoms with Gasteiger partial charge in [0, 0.05) is 23.9 Å². The number of alkyl halides is 3. The number of urea groups is 1. The highest BCUT2D eigenvalue weighted by Gasteiger charge is 2.37. The zero-order chi connectivity index (χ0) is 19.7. The molecule has 28 heavy (non-hydrogen) atoms. The number of carbonyl (C=O) groups is 1. The maximum atomic E-state index is 13.3. The third kappa shape index (κ3) is 3.68. The number of amides is 2. The van der Waals surface area contributed by atoms with Crippen molar-refractivity contribution in [3.05, 3.63) is 65.9 Å². The Hall–Kier alpha value is -3.00. The van der Waals surface area contributed by atoms with E-state index in [-0.39, 0.29) is 24.7 Å². The second-order valence-electron chi connectivity index (χ2n) is 6.60. The number of anilines is 1. The predicted octanol–water partition coefficient (Wildman–Crippen LogP) is 4.79. The molecular formula is C20H18F3N3O2. The lowest BCUT2D eigenvalue weighted by molar-refractivity contribution is -0.140. The van der Waals surface area contributed by atoms with Gasteiger partial charge >= 0.3 is 12.2 Å². The van der Waals surface area contributed by atoms with Gasteiger partial charge in [-0.05, 0) is 35.2 Å². The fraction of sp³-hybridized carbons (Fsp3) is 0.250. The van der Waals surface area contributed by atoms with Crippen molar-refractivity contribution in [3.8, 4) is 0 Å². The Morgan fingerprint density at radius 2 is 2.00 bits per heavy atom. The minimum Gasteiger partial charge on any atom is -0.370 e. The van der Waals surface area contributed by atoms with Crippen LogP contribution >= 0.6 is 0 Å². The van der Waals surface area contributed by atoms with E-state index in [1.807, 2.05) is 18.2 Å². The van der Waals surface area contributed by atoms with Crippen LogP contribution in [0, 0.1) is 0 Å². The predicted molar refractivity (Wildman–Crippen MR) is 99.0 cm³/mol. The van der Waals surface area contributed by atoms with E-state index in [1.54, 1.807) is 18.3 Å². The van der Waals surface area contributed by atoms with Gasteiger partial charge in [-0.15, -0.1) is 0 Å². The molecule has 0 bridgehead atoms. The van der Waals surface area contributed by atoms with Gasteiger partial charge < -0.3 is 19.9 Å². The Morgan fingerprint density at radius 3 is 2.82 bits per heavy atom. The first-order chi connectivity index (χ1) is 13.4. The monoisotopic (exact) mass is 389 g/mol. The molecule has 1 atom stereocenters. The maximum Gasteiger partial charge on any atom is 0.416 e. The zero-order valence-electron chi connectivity index (χ0n) is 14.8. The zero-order valence-corrected chi connectivity index (χ0v) is 14.8. The summed E-state index contributed by atoms with van der Waals surface area (Å²) in [5, 5.41) is 3.82. The number of fused-ring (bicyclic) bond motifs is 1. The third-order valence-electron chi connectivity index (χ3n) is 4.77. The topological polar surface area (TPSA) is 57.4 Å². The summed E-state index contributed by atoms with van der Waals surface area (Å²) >= 11 is 0. The number of rotatable bonds is 2. The lowest BCUT2D eigenvalue weighted by Crippen LogP contribution is -2.44. The highest BCUT2D eigenvalue weighted by molar-refractivity contribution is 5.92. The van der Waals surface area contributed by atoms with Gasteiger partial charge in [0.25, 0.3) is 0 Å². The smallest absolute Gasteiger partial charge is 0.370 e. The number of carbonyl (C=O) groups excluding carboxylic acids is 1. The highest BCUT2D eigenvalue weighted by Crippen LogP contribution is 2.36. The average Bonchev–Trinajstić information content (AvgIpc) is 3.15. The number of aromatic nitrogens is 1. The summed E-state index contributed by atoms with van der Waals surface area (Å²) < 4.78 is 45.4. The Kier molecular flexibility index (Phi) is 4.72. The van der Waals surface area contributed by atoms with Crippen molar-refractivity contribution in [2.75, 3.05) is 25.0 Å². The SMILES string of the molecule is O=C(Nc1ccc2cc[nH]c2c1)N1CCOC(c2ccccc2C(F)(F)F)C1. The first-order valence-electron chi connectivity index (χ1n) is 8.82. The number of benzene rings is 2. The number of aromatic amines is 1. The van der Waals surface area contributed by atoms with Crippen LogP contribution in [0.2, 0.25) is 0 Å². The van der Waals surface area contributed by atoms with Crippen LogP contribution < -0.4 is 5.32 Å². The van der Waals surface area contributed by atoms with Gasteiger partial charge in [-0.25, -0.2) is 4.79 Å². The number of ether oxygens (including phenoxy) is 1. The second kappa shape index (κ2) is 7.20. The van der Waals surface area contributed by atoms with E-state index in [0.717, 1.165) is 17.0 Å². The molecule has 0 radical (unpaired) electrons. The average molecular weight is 389 g/mol. The summed E-state index contributed by atoms with van der Waals surface area (Å²) in [6.07, 6.45) is -3.50. The number of hydrogen-bond donors (Lipinski definition) is 2. The van der Waals surface area contributed by atoms with E-state index in [0.29, 0.717) is 12.2 Å². The molecule has 8 heteroatoms. The summed E-state index contributed by atoms with van der Waals surface area (Å²) in [7, 11) is 0. The molecule has 0 spiro atoms. The van der Waals surface area contributed by atoms with Crippen LogP contribution in [0.5, 0.6) is 0 Å². The summed E-state index contributed by atoms with van der Waals surface area (Å²) in [5.41, 5.74) is 0.801. The molecule has 1 aromatic heterocycles. The fourth-order valence-corrected chi connectivity index (χ4v) is 3.39. The van der Waals surface area contributed by atoms with Crippen LogP contribution in [0.15, 0.2) is 54.7 Å². The molecule has 2 aromatic carbocycles. The first-order valence-corrected chi connectivity index (χ1v) is 8.82. The van der Waals surface area contributed by atoms with Gasteiger partial charge in [-0.2, -0.15) is 13.2 Å².